The average molecular weight is 316 g/mol. The van der Waals surface area contributed by atoms with Crippen LogP contribution in [0.3, 0.4) is 0 Å². The van der Waals surface area contributed by atoms with Gasteiger partial charge in [-0.15, -0.1) is 0 Å². The number of anilines is 1. The zero-order valence-corrected chi connectivity index (χ0v) is 12.7. The molecular weight excluding hydrogens is 297 g/mol. The second kappa shape index (κ2) is 5.07. The van der Waals surface area contributed by atoms with Crippen LogP contribution in [0, 0.1) is 0 Å². The van der Waals surface area contributed by atoms with Crippen LogP contribution in [-0.4, -0.2) is 11.7 Å². The van der Waals surface area contributed by atoms with Crippen LogP contribution in [0.2, 0.25) is 0 Å². The molecule has 4 nitrogen and oxygen atoms in total. The summed E-state index contributed by atoms with van der Waals surface area (Å²) in [4.78, 5) is 11.9. The molecule has 0 saturated heterocycles. The van der Waals surface area contributed by atoms with Crippen molar-refractivity contribution in [1.29, 1.82) is 0 Å². The van der Waals surface area contributed by atoms with E-state index in [0.717, 1.165) is 12.1 Å². The number of carbonyl (C=O) groups excluding carboxylic acids is 1. The minimum atomic E-state index is -4.45. The number of halogens is 3. The van der Waals surface area contributed by atoms with Crippen LogP contribution in [0.4, 0.5) is 23.7 Å². The van der Waals surface area contributed by atoms with Gasteiger partial charge in [0.15, 0.2) is 0 Å². The molecule has 0 heterocycles. The summed E-state index contributed by atoms with van der Waals surface area (Å²) < 4.78 is 43.7. The number of alkyl carbamates (subject to hydrolysis) is 1. The fraction of sp³-hybridized carbons (Fsp3) is 0.533. The van der Waals surface area contributed by atoms with E-state index in [2.05, 4.69) is 5.32 Å². The minimum absolute atomic E-state index is 0.224. The van der Waals surface area contributed by atoms with Gasteiger partial charge in [0.1, 0.15) is 5.60 Å². The quantitative estimate of drug-likeness (QED) is 0.816. The molecule has 1 saturated carbocycles. The first kappa shape index (κ1) is 16.5. The van der Waals surface area contributed by atoms with E-state index in [1.165, 1.54) is 6.07 Å². The van der Waals surface area contributed by atoms with Crippen molar-refractivity contribution in [1.82, 2.24) is 5.32 Å². The standard InChI is InChI=1S/C15H19F3N2O2/c1-13(2,3)22-12(21)20-14(6-7-14)10-8-9(15(16,17)18)4-5-11(10)19/h4-5,8H,6-7,19H2,1-3H3,(H,20,21). The summed E-state index contributed by atoms with van der Waals surface area (Å²) in [5.41, 5.74) is 3.98. The van der Waals surface area contributed by atoms with Crippen LogP contribution in [0.25, 0.3) is 0 Å². The molecule has 0 aromatic heterocycles. The summed E-state index contributed by atoms with van der Waals surface area (Å²) in [6.07, 6.45) is -4.07. The number of hydrogen-bond donors (Lipinski definition) is 2. The summed E-state index contributed by atoms with van der Waals surface area (Å²) in [6, 6.07) is 3.15. The monoisotopic (exact) mass is 316 g/mol. The lowest BCUT2D eigenvalue weighted by molar-refractivity contribution is -0.137. The van der Waals surface area contributed by atoms with Crippen LogP contribution in [0.1, 0.15) is 44.7 Å². The maximum atomic E-state index is 12.8. The molecule has 122 valence electrons. The van der Waals surface area contributed by atoms with Gasteiger partial charge in [-0.25, -0.2) is 4.79 Å². The number of nitrogen functional groups attached to an aromatic ring is 1. The lowest BCUT2D eigenvalue weighted by Gasteiger charge is -2.25. The van der Waals surface area contributed by atoms with Gasteiger partial charge in [-0.1, -0.05) is 0 Å². The Bertz CT molecular complexity index is 587. The highest BCUT2D eigenvalue weighted by molar-refractivity contribution is 5.71. The van der Waals surface area contributed by atoms with Crippen LogP contribution >= 0.6 is 0 Å². The third-order valence-electron chi connectivity index (χ3n) is 3.39. The van der Waals surface area contributed by atoms with Gasteiger partial charge in [0, 0.05) is 11.3 Å². The summed E-state index contributed by atoms with van der Waals surface area (Å²) in [5, 5.41) is 2.65. The van der Waals surface area contributed by atoms with Gasteiger partial charge in [0.25, 0.3) is 0 Å². The van der Waals surface area contributed by atoms with Crippen molar-refractivity contribution < 1.29 is 22.7 Å². The molecule has 1 aliphatic carbocycles. The fourth-order valence-electron chi connectivity index (χ4n) is 2.23. The molecule has 0 unspecified atom stereocenters. The van der Waals surface area contributed by atoms with Gasteiger partial charge in [0.05, 0.1) is 11.1 Å². The molecule has 0 bridgehead atoms. The molecule has 1 aromatic rings. The van der Waals surface area contributed by atoms with Gasteiger partial charge < -0.3 is 15.8 Å². The Hall–Kier alpha value is -1.92. The number of nitrogens with two attached hydrogens (primary N) is 1. The van der Waals surface area contributed by atoms with Gasteiger partial charge in [-0.2, -0.15) is 13.2 Å². The van der Waals surface area contributed by atoms with Crippen molar-refractivity contribution >= 4 is 11.8 Å². The Morgan fingerprint density at radius 1 is 1.27 bits per heavy atom. The van der Waals surface area contributed by atoms with E-state index in [0.29, 0.717) is 12.8 Å². The molecule has 1 aromatic carbocycles. The highest BCUT2D eigenvalue weighted by atomic mass is 19.4. The van der Waals surface area contributed by atoms with E-state index >= 15 is 0 Å². The van der Waals surface area contributed by atoms with Crippen LogP contribution in [0.5, 0.6) is 0 Å². The predicted molar refractivity (Wildman–Crippen MR) is 76.1 cm³/mol. The first-order valence-electron chi connectivity index (χ1n) is 6.91. The molecule has 1 fully saturated rings. The van der Waals surface area contributed by atoms with Gasteiger partial charge in [-0.05, 0) is 51.8 Å². The van der Waals surface area contributed by atoms with Gasteiger partial charge in [-0.3, -0.25) is 0 Å². The van der Waals surface area contributed by atoms with Gasteiger partial charge >= 0.3 is 12.3 Å². The Labute approximate surface area is 126 Å². The average Bonchev–Trinajstić information content (AvgIpc) is 3.05. The molecule has 2 rings (SSSR count). The molecular formula is C15H19F3N2O2. The number of carbonyl (C=O) groups is 1. The Kier molecular flexibility index (Phi) is 3.79. The van der Waals surface area contributed by atoms with Crippen molar-refractivity contribution in [2.45, 2.75) is 50.9 Å². The van der Waals surface area contributed by atoms with E-state index in [1.807, 2.05) is 0 Å². The van der Waals surface area contributed by atoms with Crippen LogP contribution < -0.4 is 11.1 Å². The number of nitrogens with one attached hydrogen (secondary N) is 1. The normalized spacial score (nSPS) is 17.0. The first-order valence-corrected chi connectivity index (χ1v) is 6.91. The molecule has 22 heavy (non-hydrogen) atoms. The van der Waals surface area contributed by atoms with Crippen molar-refractivity contribution in [3.05, 3.63) is 29.3 Å². The summed E-state index contributed by atoms with van der Waals surface area (Å²) >= 11 is 0. The maximum absolute atomic E-state index is 12.8. The van der Waals surface area contributed by atoms with Crippen LogP contribution in [-0.2, 0) is 16.5 Å². The van der Waals surface area contributed by atoms with Crippen molar-refractivity contribution in [2.75, 3.05) is 5.73 Å². The third-order valence-corrected chi connectivity index (χ3v) is 3.39. The molecule has 0 aliphatic heterocycles. The summed E-state index contributed by atoms with van der Waals surface area (Å²) in [7, 11) is 0. The molecule has 0 spiro atoms. The Morgan fingerprint density at radius 3 is 2.32 bits per heavy atom. The zero-order valence-electron chi connectivity index (χ0n) is 12.7. The van der Waals surface area contributed by atoms with E-state index in [1.54, 1.807) is 20.8 Å². The number of rotatable bonds is 2. The Morgan fingerprint density at radius 2 is 1.86 bits per heavy atom. The zero-order chi connectivity index (χ0) is 16.8. The molecule has 7 heteroatoms. The second-order valence-corrected chi connectivity index (χ2v) is 6.51. The molecule has 0 atom stereocenters. The highest BCUT2D eigenvalue weighted by Gasteiger charge is 2.48. The maximum Gasteiger partial charge on any atom is 0.416 e. The number of ether oxygens (including phenoxy) is 1. The molecule has 1 amide bonds. The number of alkyl halides is 3. The third kappa shape index (κ3) is 3.64. The lowest BCUT2D eigenvalue weighted by Crippen LogP contribution is -2.39. The lowest BCUT2D eigenvalue weighted by atomic mass is 9.99. The smallest absolute Gasteiger partial charge is 0.416 e. The summed E-state index contributed by atoms with van der Waals surface area (Å²) in [6.45, 7) is 5.14. The number of benzene rings is 1. The van der Waals surface area contributed by atoms with Gasteiger partial charge in [0.2, 0.25) is 0 Å². The van der Waals surface area contributed by atoms with Crippen molar-refractivity contribution in [3.63, 3.8) is 0 Å². The minimum Gasteiger partial charge on any atom is -0.444 e. The molecule has 1 aliphatic rings. The fourth-order valence-corrected chi connectivity index (χ4v) is 2.23. The number of hydrogen-bond acceptors (Lipinski definition) is 3. The van der Waals surface area contributed by atoms with E-state index < -0.39 is 29.0 Å². The largest absolute Gasteiger partial charge is 0.444 e. The highest BCUT2D eigenvalue weighted by Crippen LogP contribution is 2.49. The first-order chi connectivity index (χ1) is 9.93. The Balaban J connectivity index is 2.25. The van der Waals surface area contributed by atoms with Crippen molar-refractivity contribution in [2.24, 2.45) is 0 Å². The van der Waals surface area contributed by atoms with E-state index in [-0.39, 0.29) is 11.3 Å². The topological polar surface area (TPSA) is 64.3 Å². The number of amides is 1. The summed E-state index contributed by atoms with van der Waals surface area (Å²) in [5.74, 6) is 0. The van der Waals surface area contributed by atoms with E-state index in [4.69, 9.17) is 10.5 Å². The van der Waals surface area contributed by atoms with Crippen molar-refractivity contribution in [3.8, 4) is 0 Å². The molecule has 3 N–H and O–H groups in total. The second-order valence-electron chi connectivity index (χ2n) is 6.51. The predicted octanol–water partition coefficient (Wildman–Crippen LogP) is 3.80. The van der Waals surface area contributed by atoms with E-state index in [9.17, 15) is 18.0 Å². The van der Waals surface area contributed by atoms with Crippen LogP contribution in [0.15, 0.2) is 18.2 Å². The molecule has 0 radical (unpaired) electrons. The SMILES string of the molecule is CC(C)(C)OC(=O)NC1(c2cc(C(F)(F)F)ccc2N)CC1.